The third-order valence-corrected chi connectivity index (χ3v) is 7.07. The van der Waals surface area contributed by atoms with Gasteiger partial charge >= 0.3 is 0 Å². The molecule has 218 valence electrons. The summed E-state index contributed by atoms with van der Waals surface area (Å²) in [4.78, 5) is 30.6. The fourth-order valence-corrected chi connectivity index (χ4v) is 4.82. The molecule has 0 saturated heterocycles. The van der Waals surface area contributed by atoms with E-state index in [-0.39, 0.29) is 50.0 Å². The number of nitrogens with zero attached hydrogens (tertiary/aromatic N) is 2. The first-order chi connectivity index (χ1) is 20.3. The van der Waals surface area contributed by atoms with E-state index in [2.05, 4.69) is 27.7 Å². The van der Waals surface area contributed by atoms with E-state index in [0.717, 1.165) is 22.5 Å². The van der Waals surface area contributed by atoms with Crippen molar-refractivity contribution in [2.45, 2.75) is 39.5 Å². The van der Waals surface area contributed by atoms with Gasteiger partial charge in [-0.05, 0) is 59.4 Å². The highest BCUT2D eigenvalue weighted by Gasteiger charge is 2.22. The minimum Gasteiger partial charge on any atom is -0.483 e. The van der Waals surface area contributed by atoms with E-state index in [0.29, 0.717) is 11.5 Å². The van der Waals surface area contributed by atoms with Crippen molar-refractivity contribution < 1.29 is 19.1 Å². The van der Waals surface area contributed by atoms with Crippen LogP contribution in [0.25, 0.3) is 0 Å². The van der Waals surface area contributed by atoms with Gasteiger partial charge in [0, 0.05) is 24.5 Å². The van der Waals surface area contributed by atoms with Crippen molar-refractivity contribution >= 4 is 23.2 Å². The van der Waals surface area contributed by atoms with E-state index in [1.165, 1.54) is 0 Å². The van der Waals surface area contributed by atoms with Crippen LogP contribution in [0.3, 0.4) is 0 Å². The summed E-state index contributed by atoms with van der Waals surface area (Å²) in [5, 5.41) is 0. The molecule has 0 aliphatic heterocycles. The lowest BCUT2D eigenvalue weighted by molar-refractivity contribution is -0.122. The van der Waals surface area contributed by atoms with Crippen molar-refractivity contribution in [2.75, 3.05) is 36.1 Å². The Morgan fingerprint density at radius 3 is 1.21 bits per heavy atom. The lowest BCUT2D eigenvalue weighted by Gasteiger charge is -2.28. The molecular weight excluding hydrogens is 524 g/mol. The van der Waals surface area contributed by atoms with Crippen LogP contribution in [-0.4, -0.2) is 38.1 Å². The first kappa shape index (κ1) is 30.4. The molecular formula is C36H40N2O4. The molecule has 0 spiro atoms. The van der Waals surface area contributed by atoms with Gasteiger partial charge in [0.25, 0.3) is 11.8 Å². The summed E-state index contributed by atoms with van der Waals surface area (Å²) in [5.41, 5.74) is 3.59. The fourth-order valence-electron chi connectivity index (χ4n) is 4.82. The average molecular weight is 565 g/mol. The summed E-state index contributed by atoms with van der Waals surface area (Å²) >= 11 is 0. The second-order valence-electron chi connectivity index (χ2n) is 10.7. The third-order valence-electron chi connectivity index (χ3n) is 7.07. The number of ether oxygens (including phenoxy) is 2. The number of carbonyl (C=O) groups is 2. The highest BCUT2D eigenvalue weighted by molar-refractivity contribution is 5.96. The maximum atomic E-state index is 13.6. The molecule has 6 nitrogen and oxygen atoms in total. The number of para-hydroxylation sites is 4. The molecule has 0 bridgehead atoms. The molecule has 0 heterocycles. The minimum absolute atomic E-state index is 0.118. The van der Waals surface area contributed by atoms with E-state index in [1.54, 1.807) is 9.80 Å². The Morgan fingerprint density at radius 2 is 0.857 bits per heavy atom. The Labute approximate surface area is 249 Å². The van der Waals surface area contributed by atoms with Crippen LogP contribution in [0, 0.1) is 0 Å². The summed E-state index contributed by atoms with van der Waals surface area (Å²) in [6, 6.07) is 34.5. The molecule has 42 heavy (non-hydrogen) atoms. The minimum atomic E-state index is -0.192. The van der Waals surface area contributed by atoms with Crippen molar-refractivity contribution in [3.63, 3.8) is 0 Å². The quantitative estimate of drug-likeness (QED) is 0.169. The summed E-state index contributed by atoms with van der Waals surface area (Å²) in [6.07, 6.45) is 0. The van der Waals surface area contributed by atoms with Gasteiger partial charge in [-0.1, -0.05) is 100 Å². The van der Waals surface area contributed by atoms with Gasteiger partial charge in [-0.3, -0.25) is 9.59 Å². The zero-order valence-corrected chi connectivity index (χ0v) is 24.9. The molecule has 2 amide bonds. The predicted octanol–water partition coefficient (Wildman–Crippen LogP) is 7.46. The molecule has 0 aliphatic rings. The smallest absolute Gasteiger partial charge is 0.264 e. The lowest BCUT2D eigenvalue weighted by Crippen LogP contribution is -2.44. The standard InChI is InChI=1S/C36H40N2O4/c1-27(2)31-19-11-13-21-33(31)41-25-35(39)37(29-15-7-5-8-16-29)23-24-38(30-17-9-6-10-18-30)36(40)26-42-34-22-14-12-20-32(34)28(3)4/h5-22,27-28H,23-26H2,1-4H3. The topological polar surface area (TPSA) is 59.1 Å². The highest BCUT2D eigenvalue weighted by atomic mass is 16.5. The van der Waals surface area contributed by atoms with E-state index < -0.39 is 0 Å². The van der Waals surface area contributed by atoms with Gasteiger partial charge in [0.15, 0.2) is 13.2 Å². The Morgan fingerprint density at radius 1 is 0.524 bits per heavy atom. The molecule has 0 unspecified atom stereocenters. The molecule has 0 aliphatic carbocycles. The first-order valence-corrected chi connectivity index (χ1v) is 14.5. The maximum Gasteiger partial charge on any atom is 0.264 e. The summed E-state index contributed by atoms with van der Waals surface area (Å²) in [5.74, 6) is 1.55. The largest absolute Gasteiger partial charge is 0.483 e. The second kappa shape index (κ2) is 14.9. The van der Waals surface area contributed by atoms with Gasteiger partial charge in [0.1, 0.15) is 11.5 Å². The number of hydrogen-bond donors (Lipinski definition) is 0. The summed E-state index contributed by atoms with van der Waals surface area (Å²) in [7, 11) is 0. The number of hydrogen-bond acceptors (Lipinski definition) is 4. The number of anilines is 2. The van der Waals surface area contributed by atoms with E-state index in [1.807, 2.05) is 109 Å². The van der Waals surface area contributed by atoms with Gasteiger partial charge in [0.2, 0.25) is 0 Å². The molecule has 4 aromatic rings. The maximum absolute atomic E-state index is 13.6. The number of carbonyl (C=O) groups excluding carboxylic acids is 2. The summed E-state index contributed by atoms with van der Waals surface area (Å²) < 4.78 is 12.1. The van der Waals surface area contributed by atoms with Gasteiger partial charge in [-0.25, -0.2) is 0 Å². The van der Waals surface area contributed by atoms with Crippen LogP contribution in [0.2, 0.25) is 0 Å². The number of rotatable bonds is 13. The van der Waals surface area contributed by atoms with E-state index >= 15 is 0 Å². The van der Waals surface area contributed by atoms with Gasteiger partial charge in [-0.15, -0.1) is 0 Å². The second-order valence-corrected chi connectivity index (χ2v) is 10.7. The van der Waals surface area contributed by atoms with Crippen molar-refractivity contribution in [2.24, 2.45) is 0 Å². The first-order valence-electron chi connectivity index (χ1n) is 14.5. The molecule has 0 aromatic heterocycles. The van der Waals surface area contributed by atoms with Crippen LogP contribution in [0.4, 0.5) is 11.4 Å². The molecule has 0 fully saturated rings. The van der Waals surface area contributed by atoms with Crippen LogP contribution in [0.5, 0.6) is 11.5 Å². The highest BCUT2D eigenvalue weighted by Crippen LogP contribution is 2.27. The summed E-state index contributed by atoms with van der Waals surface area (Å²) in [6.45, 7) is 8.71. The zero-order chi connectivity index (χ0) is 29.9. The van der Waals surface area contributed by atoms with Gasteiger partial charge in [0.05, 0.1) is 0 Å². The van der Waals surface area contributed by atoms with E-state index in [9.17, 15) is 9.59 Å². The fraction of sp³-hybridized carbons (Fsp3) is 0.278. The third kappa shape index (κ3) is 8.00. The normalized spacial score (nSPS) is 10.9. The predicted molar refractivity (Wildman–Crippen MR) is 170 cm³/mol. The molecule has 4 rings (SSSR count). The van der Waals surface area contributed by atoms with Crippen LogP contribution in [-0.2, 0) is 9.59 Å². The van der Waals surface area contributed by atoms with Gasteiger partial charge < -0.3 is 19.3 Å². The molecule has 0 atom stereocenters. The van der Waals surface area contributed by atoms with Crippen molar-refractivity contribution in [1.29, 1.82) is 0 Å². The van der Waals surface area contributed by atoms with Crippen LogP contribution in [0.15, 0.2) is 109 Å². The Hall–Kier alpha value is -4.58. The number of amides is 2. The Bertz CT molecular complexity index is 1330. The number of benzene rings is 4. The monoisotopic (exact) mass is 564 g/mol. The van der Waals surface area contributed by atoms with Gasteiger partial charge in [-0.2, -0.15) is 0 Å². The van der Waals surface area contributed by atoms with Crippen LogP contribution in [0.1, 0.15) is 50.7 Å². The molecule has 6 heteroatoms. The zero-order valence-electron chi connectivity index (χ0n) is 24.9. The van der Waals surface area contributed by atoms with Crippen LogP contribution >= 0.6 is 0 Å². The van der Waals surface area contributed by atoms with Crippen molar-refractivity contribution in [3.8, 4) is 11.5 Å². The lowest BCUT2D eigenvalue weighted by atomic mass is 10.0. The Kier molecular flexibility index (Phi) is 10.8. The molecule has 0 saturated carbocycles. The van der Waals surface area contributed by atoms with Crippen LogP contribution < -0.4 is 19.3 Å². The van der Waals surface area contributed by atoms with Crippen molar-refractivity contribution in [1.82, 2.24) is 0 Å². The molecule has 0 radical (unpaired) electrons. The SMILES string of the molecule is CC(C)c1ccccc1OCC(=O)N(CCN(C(=O)COc1ccccc1C(C)C)c1ccccc1)c1ccccc1. The van der Waals surface area contributed by atoms with E-state index in [4.69, 9.17) is 9.47 Å². The molecule has 4 aromatic carbocycles. The Balaban J connectivity index is 1.51. The van der Waals surface area contributed by atoms with Crippen molar-refractivity contribution in [3.05, 3.63) is 120 Å². The molecule has 0 N–H and O–H groups in total. The average Bonchev–Trinajstić information content (AvgIpc) is 3.02.